The minimum Gasteiger partial charge on any atom is -0.464 e. The third kappa shape index (κ3) is 7.81. The van der Waals surface area contributed by atoms with Crippen molar-refractivity contribution in [2.45, 2.75) is 46.0 Å². The zero-order valence-corrected chi connectivity index (χ0v) is 29.3. The number of rotatable bonds is 14. The van der Waals surface area contributed by atoms with Gasteiger partial charge >= 0.3 is 5.97 Å². The minimum absolute atomic E-state index is 0.0422. The van der Waals surface area contributed by atoms with Crippen molar-refractivity contribution in [3.8, 4) is 11.1 Å². The van der Waals surface area contributed by atoms with E-state index in [0.29, 0.717) is 57.3 Å². The largest absolute Gasteiger partial charge is 0.464 e. The van der Waals surface area contributed by atoms with E-state index >= 15 is 0 Å². The Morgan fingerprint density at radius 1 is 0.978 bits per heavy atom. The number of carbonyl (C=O) groups is 1. The average molecular weight is 700 g/mol. The van der Waals surface area contributed by atoms with Crippen LogP contribution in [-0.2, 0) is 78.9 Å². The molecule has 4 aromatic rings. The van der Waals surface area contributed by atoms with E-state index in [-0.39, 0.29) is 19.8 Å². The third-order valence-electron chi connectivity index (χ3n) is 7.58. The highest BCUT2D eigenvalue weighted by Gasteiger charge is 2.29. The first-order chi connectivity index (χ1) is 21.4. The highest BCUT2D eigenvalue weighted by molar-refractivity contribution is 7.86. The minimum atomic E-state index is -3.61. The Labute approximate surface area is 273 Å². The van der Waals surface area contributed by atoms with Crippen molar-refractivity contribution in [2.24, 2.45) is 21.1 Å². The molecule has 0 aliphatic carbocycles. The predicted molar refractivity (Wildman–Crippen MR) is 171 cm³/mol. The highest BCUT2D eigenvalue weighted by Crippen LogP contribution is 2.43. The molecule has 252 valence electrons. The zero-order chi connectivity index (χ0) is 34.1. The fraction of sp³-hybridized carbons (Fsp3) is 0.483. The van der Waals surface area contributed by atoms with Crippen LogP contribution in [0.2, 0.25) is 5.02 Å². The number of nitrogens with zero attached hydrogens (tertiary/aromatic N) is 5. The Balaban J connectivity index is 1.74. The summed E-state index contributed by atoms with van der Waals surface area (Å²) in [5.41, 5.74) is 5.61. The molecule has 14 nitrogen and oxygen atoms in total. The van der Waals surface area contributed by atoms with Gasteiger partial charge in [0.05, 0.1) is 66.6 Å². The number of hydrogen-bond donors (Lipinski definition) is 0. The van der Waals surface area contributed by atoms with E-state index in [2.05, 4.69) is 5.10 Å². The summed E-state index contributed by atoms with van der Waals surface area (Å²) in [5, 5.41) is 10.4. The summed E-state index contributed by atoms with van der Waals surface area (Å²) in [6.45, 7) is 3.68. The Morgan fingerprint density at radius 2 is 1.65 bits per heavy atom. The molecule has 1 unspecified atom stereocenters. The number of hydrogen-bond acceptors (Lipinski definition) is 11. The standard InChI is InChI=1S/C29H38ClN5O9S2/c1-17-24(26(32-34(17)4)18(2)42-15-19-14-20(35(5)31-19)16-44-46(8,39)40)25-23(30)12-11-22-21(10-9-13-43-45(7,37)38)28(29(36)41-6)33(3)27(22)25/h11-12,14,18H,9-10,13,15-16H2,1-8H3. The summed E-state index contributed by atoms with van der Waals surface area (Å²) in [6.07, 6.45) is 2.12. The predicted octanol–water partition coefficient (Wildman–Crippen LogP) is 3.72. The first-order valence-corrected chi connectivity index (χ1v) is 18.2. The zero-order valence-electron chi connectivity index (χ0n) is 26.9. The second kappa shape index (κ2) is 13.8. The lowest BCUT2D eigenvalue weighted by atomic mass is 9.97. The normalized spacial score (nSPS) is 13.1. The monoisotopic (exact) mass is 699 g/mol. The maximum Gasteiger partial charge on any atom is 0.354 e. The first kappa shape index (κ1) is 35.6. The molecule has 0 saturated heterocycles. The maximum atomic E-state index is 13.0. The molecule has 0 amide bonds. The van der Waals surface area contributed by atoms with Crippen LogP contribution in [0.25, 0.3) is 22.0 Å². The molecule has 0 bridgehead atoms. The van der Waals surface area contributed by atoms with Crippen molar-refractivity contribution in [1.82, 2.24) is 24.1 Å². The van der Waals surface area contributed by atoms with Gasteiger partial charge in [-0.15, -0.1) is 0 Å². The molecule has 0 aliphatic heterocycles. The molecule has 0 spiro atoms. The van der Waals surface area contributed by atoms with E-state index in [0.717, 1.165) is 29.2 Å². The van der Waals surface area contributed by atoms with Gasteiger partial charge in [-0.25, -0.2) is 4.79 Å². The van der Waals surface area contributed by atoms with E-state index in [1.807, 2.05) is 27.0 Å². The van der Waals surface area contributed by atoms with Crippen LogP contribution in [0.5, 0.6) is 0 Å². The number of esters is 1. The van der Waals surface area contributed by atoms with E-state index in [4.69, 9.17) is 34.5 Å². The molecule has 46 heavy (non-hydrogen) atoms. The molecular formula is C29H38ClN5O9S2. The van der Waals surface area contributed by atoms with Crippen molar-refractivity contribution >= 4 is 48.7 Å². The molecule has 0 fully saturated rings. The molecule has 17 heteroatoms. The Bertz CT molecular complexity index is 2000. The van der Waals surface area contributed by atoms with Gasteiger partial charge in [0.15, 0.2) is 0 Å². The van der Waals surface area contributed by atoms with Crippen molar-refractivity contribution in [2.75, 3.05) is 26.2 Å². The van der Waals surface area contributed by atoms with Crippen molar-refractivity contribution in [3.63, 3.8) is 0 Å². The summed E-state index contributed by atoms with van der Waals surface area (Å²) in [4.78, 5) is 13.0. The van der Waals surface area contributed by atoms with Crippen LogP contribution in [0.1, 0.15) is 58.3 Å². The van der Waals surface area contributed by atoms with Gasteiger partial charge in [0.2, 0.25) is 0 Å². The highest BCUT2D eigenvalue weighted by atomic mass is 35.5. The molecule has 4 rings (SSSR count). The first-order valence-electron chi connectivity index (χ1n) is 14.2. The van der Waals surface area contributed by atoms with Gasteiger partial charge in [0.1, 0.15) is 12.3 Å². The topological polar surface area (TPSA) is 163 Å². The van der Waals surface area contributed by atoms with Crippen LogP contribution >= 0.6 is 11.6 Å². The second-order valence-electron chi connectivity index (χ2n) is 11.0. The third-order valence-corrected chi connectivity index (χ3v) is 9.04. The number of halogens is 1. The summed E-state index contributed by atoms with van der Waals surface area (Å²) in [7, 11) is -0.671. The van der Waals surface area contributed by atoms with Crippen LogP contribution in [-0.4, -0.2) is 73.2 Å². The molecule has 0 radical (unpaired) electrons. The van der Waals surface area contributed by atoms with Crippen LogP contribution in [0.15, 0.2) is 18.2 Å². The van der Waals surface area contributed by atoms with Crippen LogP contribution in [0.3, 0.4) is 0 Å². The smallest absolute Gasteiger partial charge is 0.354 e. The van der Waals surface area contributed by atoms with Gasteiger partial charge in [-0.2, -0.15) is 27.0 Å². The number of aryl methyl sites for hydroxylation is 4. The van der Waals surface area contributed by atoms with Gasteiger partial charge in [0, 0.05) is 43.4 Å². The Morgan fingerprint density at radius 3 is 2.28 bits per heavy atom. The summed E-state index contributed by atoms with van der Waals surface area (Å²) in [5.74, 6) is -0.545. The van der Waals surface area contributed by atoms with Gasteiger partial charge in [0.25, 0.3) is 20.2 Å². The van der Waals surface area contributed by atoms with E-state index < -0.39 is 32.3 Å². The summed E-state index contributed by atoms with van der Waals surface area (Å²) < 4.78 is 72.0. The molecule has 3 heterocycles. The SMILES string of the molecule is COC(=O)c1c(CCCOS(C)(=O)=O)c2ccc(Cl)c(-c3c(C(C)OCc4cc(COS(C)(=O)=O)n(C)n4)nn(C)c3C)c2n1C. The molecule has 3 aromatic heterocycles. The summed E-state index contributed by atoms with van der Waals surface area (Å²) in [6, 6.07) is 5.30. The van der Waals surface area contributed by atoms with Gasteiger partial charge < -0.3 is 14.0 Å². The van der Waals surface area contributed by atoms with Crippen LogP contribution < -0.4 is 0 Å². The average Bonchev–Trinajstić information content (AvgIpc) is 3.57. The van der Waals surface area contributed by atoms with Gasteiger partial charge in [-0.3, -0.25) is 17.7 Å². The fourth-order valence-corrected chi connectivity index (χ4v) is 6.37. The molecule has 0 saturated carbocycles. The number of methoxy groups -OCH3 is 1. The van der Waals surface area contributed by atoms with Gasteiger partial charge in [-0.1, -0.05) is 17.7 Å². The van der Waals surface area contributed by atoms with E-state index in [9.17, 15) is 21.6 Å². The lowest BCUT2D eigenvalue weighted by molar-refractivity contribution is 0.0475. The van der Waals surface area contributed by atoms with Crippen LogP contribution in [0.4, 0.5) is 0 Å². The number of ether oxygens (including phenoxy) is 2. The number of benzene rings is 1. The summed E-state index contributed by atoms with van der Waals surface area (Å²) >= 11 is 6.91. The molecule has 1 aromatic carbocycles. The Kier molecular flexibility index (Phi) is 10.7. The molecule has 0 aliphatic rings. The lowest BCUT2D eigenvalue weighted by Gasteiger charge is -2.15. The molecule has 0 N–H and O–H groups in total. The van der Waals surface area contributed by atoms with E-state index in [1.54, 1.807) is 35.5 Å². The number of fused-ring (bicyclic) bond motifs is 1. The van der Waals surface area contributed by atoms with Crippen molar-refractivity contribution in [3.05, 3.63) is 57.3 Å². The van der Waals surface area contributed by atoms with Gasteiger partial charge in [-0.05, 0) is 44.4 Å². The maximum absolute atomic E-state index is 13.0. The Hall–Kier alpha value is -3.28. The fourth-order valence-electron chi connectivity index (χ4n) is 5.37. The number of aromatic nitrogens is 5. The van der Waals surface area contributed by atoms with Crippen LogP contribution in [0, 0.1) is 6.92 Å². The lowest BCUT2D eigenvalue weighted by Crippen LogP contribution is -2.11. The van der Waals surface area contributed by atoms with Crippen molar-refractivity contribution in [1.29, 1.82) is 0 Å². The van der Waals surface area contributed by atoms with Crippen molar-refractivity contribution < 1.29 is 39.5 Å². The number of carbonyl (C=O) groups excluding carboxylic acids is 1. The quantitative estimate of drug-likeness (QED) is 0.107. The second-order valence-corrected chi connectivity index (χ2v) is 14.7. The van der Waals surface area contributed by atoms with E-state index in [1.165, 1.54) is 11.8 Å². The molecular weight excluding hydrogens is 662 g/mol. The molecule has 1 atom stereocenters.